The van der Waals surface area contributed by atoms with Crippen molar-refractivity contribution >= 4 is 24.6 Å². The van der Waals surface area contributed by atoms with E-state index in [1.807, 2.05) is 6.92 Å². The molecule has 0 aliphatic rings. The van der Waals surface area contributed by atoms with Crippen LogP contribution < -0.4 is 0 Å². The summed E-state index contributed by atoms with van der Waals surface area (Å²) < 4.78 is 0. The summed E-state index contributed by atoms with van der Waals surface area (Å²) in [7, 11) is 0. The van der Waals surface area contributed by atoms with E-state index in [1.165, 1.54) is 0 Å². The van der Waals surface area contributed by atoms with Gasteiger partial charge in [-0.3, -0.25) is 9.59 Å². The van der Waals surface area contributed by atoms with Gasteiger partial charge in [-0.05, 0) is 12.8 Å². The monoisotopic (exact) mass is 236 g/mol. The van der Waals surface area contributed by atoms with Gasteiger partial charge in [-0.1, -0.05) is 26.7 Å². The number of carboxylic acids is 2. The van der Waals surface area contributed by atoms with Gasteiger partial charge in [0, 0.05) is 0 Å². The van der Waals surface area contributed by atoms with Gasteiger partial charge >= 0.3 is 11.9 Å². The molecule has 0 aliphatic carbocycles. The first-order chi connectivity index (χ1) is 6.99. The summed E-state index contributed by atoms with van der Waals surface area (Å²) in [5.74, 6) is -1.72. The zero-order chi connectivity index (χ0) is 12.3. The van der Waals surface area contributed by atoms with Crippen molar-refractivity contribution in [3.63, 3.8) is 0 Å². The van der Waals surface area contributed by atoms with Crippen LogP contribution in [0.15, 0.2) is 0 Å². The molecule has 0 rings (SSSR count). The molecule has 0 aromatic rings. The summed E-state index contributed by atoms with van der Waals surface area (Å²) in [6.45, 7) is 4.00. The third kappa shape index (κ3) is 13.3. The van der Waals surface area contributed by atoms with Crippen molar-refractivity contribution in [1.82, 2.24) is 0 Å². The SMILES string of the molecule is CCCCC(CC)C(=O)O.O=C(O)CS. The van der Waals surface area contributed by atoms with Gasteiger partial charge < -0.3 is 10.2 Å². The van der Waals surface area contributed by atoms with E-state index in [0.717, 1.165) is 25.7 Å². The first kappa shape index (κ1) is 16.7. The zero-order valence-electron chi connectivity index (χ0n) is 9.27. The maximum Gasteiger partial charge on any atom is 0.313 e. The molecule has 0 aromatic heterocycles. The molecule has 2 N–H and O–H groups in total. The van der Waals surface area contributed by atoms with Crippen LogP contribution in [0.5, 0.6) is 0 Å². The van der Waals surface area contributed by atoms with Crippen molar-refractivity contribution in [2.45, 2.75) is 39.5 Å². The highest BCUT2D eigenvalue weighted by Crippen LogP contribution is 2.11. The molecule has 0 aliphatic heterocycles. The molecule has 0 heterocycles. The van der Waals surface area contributed by atoms with Gasteiger partial charge in [0.2, 0.25) is 0 Å². The fraction of sp³-hybridized carbons (Fsp3) is 0.800. The maximum atomic E-state index is 10.4. The Morgan fingerprint density at radius 1 is 1.27 bits per heavy atom. The fourth-order valence-electron chi connectivity index (χ4n) is 0.953. The van der Waals surface area contributed by atoms with E-state index in [2.05, 4.69) is 19.6 Å². The normalized spacial score (nSPS) is 11.1. The smallest absolute Gasteiger partial charge is 0.313 e. The number of hydrogen-bond donors (Lipinski definition) is 3. The first-order valence-electron chi connectivity index (χ1n) is 5.04. The van der Waals surface area contributed by atoms with Gasteiger partial charge in [-0.25, -0.2) is 0 Å². The fourth-order valence-corrected chi connectivity index (χ4v) is 0.953. The largest absolute Gasteiger partial charge is 0.481 e. The van der Waals surface area contributed by atoms with Crippen molar-refractivity contribution in [3.8, 4) is 0 Å². The number of hydrogen-bond acceptors (Lipinski definition) is 3. The Hall–Kier alpha value is -0.710. The van der Waals surface area contributed by atoms with E-state index in [4.69, 9.17) is 10.2 Å². The van der Waals surface area contributed by atoms with Crippen LogP contribution in [-0.2, 0) is 9.59 Å². The summed E-state index contributed by atoms with van der Waals surface area (Å²) in [6, 6.07) is 0. The van der Waals surface area contributed by atoms with Crippen molar-refractivity contribution in [2.24, 2.45) is 5.92 Å². The molecule has 5 heteroatoms. The minimum Gasteiger partial charge on any atom is -0.481 e. The number of carboxylic acid groups (broad SMARTS) is 2. The van der Waals surface area contributed by atoms with Crippen LogP contribution in [-0.4, -0.2) is 27.9 Å². The molecule has 1 atom stereocenters. The highest BCUT2D eigenvalue weighted by atomic mass is 32.1. The summed E-state index contributed by atoms with van der Waals surface area (Å²) in [6.07, 6.45) is 3.71. The molecular weight excluding hydrogens is 216 g/mol. The van der Waals surface area contributed by atoms with Gasteiger partial charge in [0.05, 0.1) is 11.7 Å². The van der Waals surface area contributed by atoms with Crippen molar-refractivity contribution in [2.75, 3.05) is 5.75 Å². The maximum absolute atomic E-state index is 10.4. The van der Waals surface area contributed by atoms with Gasteiger partial charge in [0.25, 0.3) is 0 Å². The number of thiol groups is 1. The Bertz CT molecular complexity index is 182. The van der Waals surface area contributed by atoms with Crippen LogP contribution in [0.4, 0.5) is 0 Å². The highest BCUT2D eigenvalue weighted by Gasteiger charge is 2.12. The van der Waals surface area contributed by atoms with E-state index in [0.29, 0.717) is 0 Å². The van der Waals surface area contributed by atoms with E-state index < -0.39 is 11.9 Å². The molecule has 0 amide bonds. The number of rotatable bonds is 6. The van der Waals surface area contributed by atoms with Crippen molar-refractivity contribution in [1.29, 1.82) is 0 Å². The minimum atomic E-state index is -0.881. The Morgan fingerprint density at radius 2 is 1.73 bits per heavy atom. The van der Waals surface area contributed by atoms with Gasteiger partial charge in [-0.2, -0.15) is 12.6 Å². The molecule has 1 unspecified atom stereocenters. The molecule has 90 valence electrons. The summed E-state index contributed by atoms with van der Waals surface area (Å²) in [5, 5.41) is 16.2. The Balaban J connectivity index is 0. The molecule has 0 fully saturated rings. The second kappa shape index (κ2) is 11.4. The first-order valence-corrected chi connectivity index (χ1v) is 5.68. The molecule has 0 radical (unpaired) electrons. The quantitative estimate of drug-likeness (QED) is 0.618. The molecule has 0 bridgehead atoms. The molecule has 15 heavy (non-hydrogen) atoms. The van der Waals surface area contributed by atoms with Crippen LogP contribution in [0.25, 0.3) is 0 Å². The molecule has 0 aromatic carbocycles. The predicted octanol–water partition coefficient (Wildman–Crippen LogP) is 2.29. The third-order valence-corrected chi connectivity index (χ3v) is 2.15. The average Bonchev–Trinajstić information content (AvgIpc) is 2.19. The summed E-state index contributed by atoms with van der Waals surface area (Å²) in [4.78, 5) is 19.7. The van der Waals surface area contributed by atoms with E-state index in [-0.39, 0.29) is 11.7 Å². The molecular formula is C10H20O4S. The second-order valence-electron chi connectivity index (χ2n) is 3.14. The van der Waals surface area contributed by atoms with Crippen LogP contribution >= 0.6 is 12.6 Å². The number of carbonyl (C=O) groups is 2. The lowest BCUT2D eigenvalue weighted by Crippen LogP contribution is -2.11. The van der Waals surface area contributed by atoms with E-state index in [9.17, 15) is 9.59 Å². The van der Waals surface area contributed by atoms with Gasteiger partial charge in [0.15, 0.2) is 0 Å². The zero-order valence-corrected chi connectivity index (χ0v) is 10.2. The summed E-state index contributed by atoms with van der Waals surface area (Å²) >= 11 is 3.42. The molecule has 0 saturated carbocycles. The van der Waals surface area contributed by atoms with E-state index >= 15 is 0 Å². The minimum absolute atomic E-state index is 0.0833. The molecule has 4 nitrogen and oxygen atoms in total. The number of unbranched alkanes of at least 4 members (excludes halogenated alkanes) is 1. The predicted molar refractivity (Wildman–Crippen MR) is 62.4 cm³/mol. The van der Waals surface area contributed by atoms with Crippen molar-refractivity contribution < 1.29 is 19.8 Å². The van der Waals surface area contributed by atoms with E-state index in [1.54, 1.807) is 0 Å². The Kier molecular flexibility index (Phi) is 12.7. The summed E-state index contributed by atoms with van der Waals surface area (Å²) in [5.41, 5.74) is 0. The van der Waals surface area contributed by atoms with Crippen LogP contribution in [0.1, 0.15) is 39.5 Å². The second-order valence-corrected chi connectivity index (χ2v) is 3.45. The molecule has 0 spiro atoms. The van der Waals surface area contributed by atoms with Gasteiger partial charge in [0.1, 0.15) is 0 Å². The molecule has 0 saturated heterocycles. The third-order valence-electron chi connectivity index (χ3n) is 1.88. The number of aliphatic carboxylic acids is 2. The Labute approximate surface area is 96.1 Å². The van der Waals surface area contributed by atoms with Crippen LogP contribution in [0.3, 0.4) is 0 Å². The lowest BCUT2D eigenvalue weighted by atomic mass is 10.00. The van der Waals surface area contributed by atoms with Crippen molar-refractivity contribution in [3.05, 3.63) is 0 Å². The van der Waals surface area contributed by atoms with Crippen LogP contribution in [0, 0.1) is 5.92 Å². The highest BCUT2D eigenvalue weighted by molar-refractivity contribution is 7.81. The Morgan fingerprint density at radius 3 is 1.93 bits per heavy atom. The standard InChI is InChI=1S/C8H16O2.C2H4O2S/c1-3-5-6-7(4-2)8(9)10;3-2(4)1-5/h7H,3-6H2,1-2H3,(H,9,10);5H,1H2,(H,3,4). The van der Waals surface area contributed by atoms with Crippen LogP contribution in [0.2, 0.25) is 0 Å². The van der Waals surface area contributed by atoms with Gasteiger partial charge in [-0.15, -0.1) is 0 Å². The lowest BCUT2D eigenvalue weighted by molar-refractivity contribution is -0.142. The topological polar surface area (TPSA) is 74.6 Å². The average molecular weight is 236 g/mol. The lowest BCUT2D eigenvalue weighted by Gasteiger charge is -2.06.